The molecule has 17 heavy (non-hydrogen) atoms. The summed E-state index contributed by atoms with van der Waals surface area (Å²) in [6, 6.07) is 6.19. The third-order valence-electron chi connectivity index (χ3n) is 3.06. The Bertz CT molecular complexity index is 364. The lowest BCUT2D eigenvalue weighted by atomic mass is 10.1. The molecular formula is C13H19NO2S. The highest BCUT2D eigenvalue weighted by Crippen LogP contribution is 2.26. The van der Waals surface area contributed by atoms with Gasteiger partial charge < -0.3 is 15.2 Å². The number of aromatic hydroxyl groups is 1. The van der Waals surface area contributed by atoms with Crippen molar-refractivity contribution in [3.05, 3.63) is 23.8 Å². The van der Waals surface area contributed by atoms with Gasteiger partial charge in [-0.25, -0.2) is 0 Å². The van der Waals surface area contributed by atoms with E-state index in [-0.39, 0.29) is 5.75 Å². The van der Waals surface area contributed by atoms with Crippen LogP contribution >= 0.6 is 11.8 Å². The number of phenols is 1. The minimum absolute atomic E-state index is 0.214. The highest BCUT2D eigenvalue weighted by atomic mass is 32.2. The molecule has 2 rings (SSSR count). The first-order valence-electron chi connectivity index (χ1n) is 5.96. The average molecular weight is 253 g/mol. The van der Waals surface area contributed by atoms with E-state index in [9.17, 15) is 5.11 Å². The fraction of sp³-hybridized carbons (Fsp3) is 0.538. The van der Waals surface area contributed by atoms with Crippen LogP contribution in [0.5, 0.6) is 11.5 Å². The normalized spacial score (nSPS) is 17.0. The largest absolute Gasteiger partial charge is 0.504 e. The Balaban J connectivity index is 1.87. The van der Waals surface area contributed by atoms with Gasteiger partial charge in [0.2, 0.25) is 0 Å². The molecule has 1 aliphatic heterocycles. The van der Waals surface area contributed by atoms with E-state index in [0.717, 1.165) is 12.1 Å². The Labute approximate surface area is 107 Å². The van der Waals surface area contributed by atoms with Gasteiger partial charge in [0.15, 0.2) is 11.5 Å². The lowest BCUT2D eigenvalue weighted by molar-refractivity contribution is 0.372. The molecule has 0 spiro atoms. The van der Waals surface area contributed by atoms with Crippen LogP contribution in [0.1, 0.15) is 18.4 Å². The van der Waals surface area contributed by atoms with E-state index >= 15 is 0 Å². The highest BCUT2D eigenvalue weighted by Gasteiger charge is 2.12. The number of nitrogens with one attached hydrogen (secondary N) is 1. The number of methoxy groups -OCH3 is 1. The maximum atomic E-state index is 9.67. The van der Waals surface area contributed by atoms with Crippen LogP contribution < -0.4 is 10.1 Å². The Hall–Kier alpha value is -0.870. The number of ether oxygens (including phenoxy) is 1. The standard InChI is InChI=1S/C13H19NO2S/c1-16-13-3-2-10(8-12(13)15)9-14-11-4-6-17-7-5-11/h2-3,8,11,14-15H,4-7,9H2,1H3. The Morgan fingerprint density at radius 3 is 2.82 bits per heavy atom. The maximum Gasteiger partial charge on any atom is 0.160 e. The van der Waals surface area contributed by atoms with E-state index in [4.69, 9.17) is 4.74 Å². The third kappa shape index (κ3) is 3.54. The Morgan fingerprint density at radius 1 is 1.41 bits per heavy atom. The SMILES string of the molecule is COc1ccc(CNC2CCSCC2)cc1O. The van der Waals surface area contributed by atoms with Crippen molar-refractivity contribution in [1.82, 2.24) is 5.32 Å². The second kappa shape index (κ2) is 6.17. The van der Waals surface area contributed by atoms with Gasteiger partial charge in [0.25, 0.3) is 0 Å². The monoisotopic (exact) mass is 253 g/mol. The molecule has 3 nitrogen and oxygen atoms in total. The van der Waals surface area contributed by atoms with Crippen LogP contribution in [0.25, 0.3) is 0 Å². The van der Waals surface area contributed by atoms with Gasteiger partial charge in [-0.05, 0) is 42.0 Å². The molecule has 1 heterocycles. The zero-order valence-electron chi connectivity index (χ0n) is 10.1. The van der Waals surface area contributed by atoms with Gasteiger partial charge >= 0.3 is 0 Å². The Morgan fingerprint density at radius 2 is 2.18 bits per heavy atom. The van der Waals surface area contributed by atoms with Gasteiger partial charge in [-0.3, -0.25) is 0 Å². The molecule has 0 aliphatic carbocycles. The molecule has 0 saturated carbocycles. The predicted molar refractivity (Wildman–Crippen MR) is 71.8 cm³/mol. The van der Waals surface area contributed by atoms with Crippen molar-refractivity contribution in [2.45, 2.75) is 25.4 Å². The summed E-state index contributed by atoms with van der Waals surface area (Å²) in [7, 11) is 1.56. The number of hydrogen-bond acceptors (Lipinski definition) is 4. The van der Waals surface area contributed by atoms with Crippen LogP contribution in [-0.2, 0) is 6.54 Å². The van der Waals surface area contributed by atoms with Gasteiger partial charge in [-0.15, -0.1) is 0 Å². The van der Waals surface area contributed by atoms with Crippen LogP contribution in [0.2, 0.25) is 0 Å². The number of benzene rings is 1. The van der Waals surface area contributed by atoms with Crippen molar-refractivity contribution in [1.29, 1.82) is 0 Å². The molecule has 0 amide bonds. The van der Waals surface area contributed by atoms with E-state index < -0.39 is 0 Å². The van der Waals surface area contributed by atoms with Crippen molar-refractivity contribution >= 4 is 11.8 Å². The summed E-state index contributed by atoms with van der Waals surface area (Å²) in [5.74, 6) is 3.26. The van der Waals surface area contributed by atoms with Crippen LogP contribution in [0.15, 0.2) is 18.2 Å². The van der Waals surface area contributed by atoms with Gasteiger partial charge in [0.05, 0.1) is 7.11 Å². The fourth-order valence-corrected chi connectivity index (χ4v) is 3.12. The number of hydrogen-bond donors (Lipinski definition) is 2. The summed E-state index contributed by atoms with van der Waals surface area (Å²) in [6.45, 7) is 0.812. The number of thioether (sulfide) groups is 1. The molecule has 1 aromatic carbocycles. The maximum absolute atomic E-state index is 9.67. The van der Waals surface area contributed by atoms with E-state index in [1.807, 2.05) is 23.9 Å². The molecule has 1 aromatic rings. The van der Waals surface area contributed by atoms with Crippen molar-refractivity contribution in [3.8, 4) is 11.5 Å². The smallest absolute Gasteiger partial charge is 0.160 e. The topological polar surface area (TPSA) is 41.5 Å². The van der Waals surface area contributed by atoms with Gasteiger partial charge in [0, 0.05) is 12.6 Å². The van der Waals surface area contributed by atoms with E-state index in [0.29, 0.717) is 11.8 Å². The highest BCUT2D eigenvalue weighted by molar-refractivity contribution is 7.99. The van der Waals surface area contributed by atoms with Crippen LogP contribution in [0.4, 0.5) is 0 Å². The van der Waals surface area contributed by atoms with Crippen LogP contribution in [0.3, 0.4) is 0 Å². The van der Waals surface area contributed by atoms with Crippen molar-refractivity contribution < 1.29 is 9.84 Å². The van der Waals surface area contributed by atoms with E-state index in [1.165, 1.54) is 24.3 Å². The lowest BCUT2D eigenvalue weighted by Crippen LogP contribution is -2.31. The minimum Gasteiger partial charge on any atom is -0.504 e. The summed E-state index contributed by atoms with van der Waals surface area (Å²) in [6.07, 6.45) is 2.49. The van der Waals surface area contributed by atoms with Gasteiger partial charge in [-0.2, -0.15) is 11.8 Å². The first kappa shape index (κ1) is 12.6. The van der Waals surface area contributed by atoms with Crippen LogP contribution in [0, 0.1) is 0 Å². The number of phenolic OH excluding ortho intramolecular Hbond substituents is 1. The zero-order chi connectivity index (χ0) is 12.1. The first-order chi connectivity index (χ1) is 8.29. The molecule has 0 unspecified atom stereocenters. The molecule has 1 saturated heterocycles. The average Bonchev–Trinajstić information content (AvgIpc) is 2.38. The summed E-state index contributed by atoms with van der Waals surface area (Å²) in [5, 5.41) is 13.2. The van der Waals surface area contributed by atoms with Crippen LogP contribution in [-0.4, -0.2) is 29.8 Å². The third-order valence-corrected chi connectivity index (χ3v) is 4.11. The molecule has 0 aromatic heterocycles. The van der Waals surface area contributed by atoms with E-state index in [2.05, 4.69) is 5.32 Å². The molecule has 94 valence electrons. The molecule has 1 aliphatic rings. The quantitative estimate of drug-likeness (QED) is 0.864. The lowest BCUT2D eigenvalue weighted by Gasteiger charge is -2.22. The summed E-state index contributed by atoms with van der Waals surface area (Å²) in [5.41, 5.74) is 1.10. The molecule has 0 radical (unpaired) electrons. The second-order valence-electron chi connectivity index (χ2n) is 4.27. The van der Waals surface area contributed by atoms with Crippen molar-refractivity contribution in [2.24, 2.45) is 0 Å². The summed E-state index contributed by atoms with van der Waals surface area (Å²) >= 11 is 2.03. The predicted octanol–water partition coefficient (Wildman–Crippen LogP) is 2.39. The fourth-order valence-electron chi connectivity index (χ4n) is 2.01. The number of rotatable bonds is 4. The second-order valence-corrected chi connectivity index (χ2v) is 5.50. The first-order valence-corrected chi connectivity index (χ1v) is 7.12. The molecular weight excluding hydrogens is 234 g/mol. The zero-order valence-corrected chi connectivity index (χ0v) is 10.9. The summed E-state index contributed by atoms with van der Waals surface area (Å²) < 4.78 is 5.02. The summed E-state index contributed by atoms with van der Waals surface area (Å²) in [4.78, 5) is 0. The molecule has 0 bridgehead atoms. The van der Waals surface area contributed by atoms with Crippen molar-refractivity contribution in [3.63, 3.8) is 0 Å². The van der Waals surface area contributed by atoms with Gasteiger partial charge in [0.1, 0.15) is 0 Å². The molecule has 0 atom stereocenters. The molecule has 1 fully saturated rings. The van der Waals surface area contributed by atoms with Crippen molar-refractivity contribution in [2.75, 3.05) is 18.6 Å². The Kier molecular flexibility index (Phi) is 4.57. The van der Waals surface area contributed by atoms with E-state index in [1.54, 1.807) is 13.2 Å². The minimum atomic E-state index is 0.214. The molecule has 4 heteroatoms. The van der Waals surface area contributed by atoms with Gasteiger partial charge in [-0.1, -0.05) is 6.07 Å². The molecule has 2 N–H and O–H groups in total.